The highest BCUT2D eigenvalue weighted by Gasteiger charge is 2.33. The molecule has 1 aliphatic heterocycles. The molecule has 1 atom stereocenters. The average molecular weight is 406 g/mol. The molecule has 0 spiro atoms. The van der Waals surface area contributed by atoms with Gasteiger partial charge in [-0.25, -0.2) is 14.4 Å². The van der Waals surface area contributed by atoms with Gasteiger partial charge in [-0.2, -0.15) is 0 Å². The highest BCUT2D eigenvalue weighted by atomic mass is 31.2. The summed E-state index contributed by atoms with van der Waals surface area (Å²) in [4.78, 5) is 14.8. The Bertz CT molecular complexity index is 1070. The van der Waals surface area contributed by atoms with E-state index in [4.69, 9.17) is 9.05 Å². The van der Waals surface area contributed by atoms with Crippen LogP contribution in [0.1, 0.15) is 11.1 Å². The van der Waals surface area contributed by atoms with Crippen LogP contribution in [0, 0.1) is 0 Å². The quantitative estimate of drug-likeness (QED) is 0.552. The van der Waals surface area contributed by atoms with Crippen LogP contribution in [-0.2, 0) is 9.09 Å². The van der Waals surface area contributed by atoms with Gasteiger partial charge in [0.1, 0.15) is 5.75 Å². The monoisotopic (exact) mass is 406 g/mol. The van der Waals surface area contributed by atoms with Crippen LogP contribution < -0.4 is 14.5 Å². The van der Waals surface area contributed by atoms with Gasteiger partial charge in [0, 0.05) is 7.11 Å². The lowest BCUT2D eigenvalue weighted by molar-refractivity contribution is 0.247. The topological polar surface area (TPSA) is 67.9 Å². The molecule has 6 nitrogen and oxygen atoms in total. The fourth-order valence-electron chi connectivity index (χ4n) is 3.09. The molecular formula is C22H19N2O4P. The van der Waals surface area contributed by atoms with Crippen molar-refractivity contribution in [2.75, 3.05) is 12.0 Å². The second kappa shape index (κ2) is 7.95. The lowest BCUT2D eigenvalue weighted by Crippen LogP contribution is -2.36. The van der Waals surface area contributed by atoms with Crippen molar-refractivity contribution in [3.63, 3.8) is 0 Å². The van der Waals surface area contributed by atoms with Crippen molar-refractivity contribution in [2.45, 2.75) is 0 Å². The van der Waals surface area contributed by atoms with Crippen LogP contribution >= 0.6 is 7.75 Å². The molecule has 1 unspecified atom stereocenters. The van der Waals surface area contributed by atoms with Crippen LogP contribution in [0.5, 0.6) is 5.75 Å². The number of fused-ring (bicyclic) bond motifs is 2. The second-order valence-electron chi connectivity index (χ2n) is 6.29. The van der Waals surface area contributed by atoms with Crippen LogP contribution in [0.25, 0.3) is 12.2 Å². The summed E-state index contributed by atoms with van der Waals surface area (Å²) in [6.45, 7) is 0. The molecule has 29 heavy (non-hydrogen) atoms. The summed E-state index contributed by atoms with van der Waals surface area (Å²) in [5, 5.41) is 2.44. The Hall–Kier alpha value is -3.34. The van der Waals surface area contributed by atoms with Gasteiger partial charge in [-0.15, -0.1) is 0 Å². The van der Waals surface area contributed by atoms with Crippen LogP contribution in [-0.4, -0.2) is 13.1 Å². The zero-order chi connectivity index (χ0) is 20.3. The van der Waals surface area contributed by atoms with Gasteiger partial charge < -0.3 is 4.52 Å². The first-order valence-corrected chi connectivity index (χ1v) is 10.5. The van der Waals surface area contributed by atoms with Crippen LogP contribution in [0.15, 0.2) is 78.9 Å². The summed E-state index contributed by atoms with van der Waals surface area (Å²) in [6.07, 6.45) is 3.88. The first-order valence-electron chi connectivity index (χ1n) is 8.98. The normalized spacial score (nSPS) is 14.2. The van der Waals surface area contributed by atoms with Gasteiger partial charge in [0.05, 0.1) is 11.4 Å². The molecule has 3 aromatic rings. The Balaban J connectivity index is 1.71. The van der Waals surface area contributed by atoms with E-state index in [9.17, 15) is 9.36 Å². The van der Waals surface area contributed by atoms with Gasteiger partial charge in [-0.3, -0.25) is 9.42 Å². The SMILES string of the molecule is COP(=O)(NC(=O)N1c2ccccc2C=Cc2ccccc21)Oc1ccccc1. The van der Waals surface area contributed by atoms with Crippen molar-refractivity contribution >= 4 is 37.3 Å². The second-order valence-corrected chi connectivity index (χ2v) is 8.05. The fourth-order valence-corrected chi connectivity index (χ4v) is 4.03. The highest BCUT2D eigenvalue weighted by Crippen LogP contribution is 2.45. The van der Waals surface area contributed by atoms with Crippen LogP contribution in [0.2, 0.25) is 0 Å². The molecular weight excluding hydrogens is 387 g/mol. The van der Waals surface area contributed by atoms with E-state index in [1.807, 2.05) is 60.7 Å². The Morgan fingerprint density at radius 3 is 1.90 bits per heavy atom. The minimum Gasteiger partial charge on any atom is -0.409 e. The van der Waals surface area contributed by atoms with Crippen molar-refractivity contribution in [3.05, 3.63) is 90.0 Å². The van der Waals surface area contributed by atoms with Gasteiger partial charge in [0.15, 0.2) is 0 Å². The number of nitrogens with one attached hydrogen (secondary N) is 1. The van der Waals surface area contributed by atoms with E-state index in [1.165, 1.54) is 12.0 Å². The van der Waals surface area contributed by atoms with Crippen molar-refractivity contribution in [1.82, 2.24) is 5.09 Å². The largest absolute Gasteiger partial charge is 0.489 e. The Morgan fingerprint density at radius 2 is 1.34 bits per heavy atom. The number of urea groups is 1. The number of carbonyl (C=O) groups is 1. The van der Waals surface area contributed by atoms with E-state index >= 15 is 0 Å². The fraction of sp³-hybridized carbons (Fsp3) is 0.0455. The molecule has 0 radical (unpaired) electrons. The highest BCUT2D eigenvalue weighted by molar-refractivity contribution is 7.52. The van der Waals surface area contributed by atoms with E-state index in [-0.39, 0.29) is 0 Å². The van der Waals surface area contributed by atoms with Gasteiger partial charge >= 0.3 is 13.8 Å². The first kappa shape index (κ1) is 19.0. The number of carbonyl (C=O) groups excluding carboxylic acids is 1. The summed E-state index contributed by atoms with van der Waals surface area (Å²) in [6, 6.07) is 22.9. The predicted octanol–water partition coefficient (Wildman–Crippen LogP) is 5.85. The van der Waals surface area contributed by atoms with Crippen molar-refractivity contribution in [1.29, 1.82) is 0 Å². The van der Waals surface area contributed by atoms with Gasteiger partial charge in [-0.1, -0.05) is 66.7 Å². The first-order chi connectivity index (χ1) is 14.1. The third-order valence-corrected chi connectivity index (χ3v) is 5.84. The number of hydrogen-bond donors (Lipinski definition) is 1. The Kier molecular flexibility index (Phi) is 5.21. The molecule has 0 aromatic heterocycles. The summed E-state index contributed by atoms with van der Waals surface area (Å²) in [5.74, 6) is 0.330. The summed E-state index contributed by atoms with van der Waals surface area (Å²) >= 11 is 0. The minimum absolute atomic E-state index is 0.330. The smallest absolute Gasteiger partial charge is 0.409 e. The zero-order valence-electron chi connectivity index (χ0n) is 15.7. The molecule has 0 saturated carbocycles. The van der Waals surface area contributed by atoms with E-state index < -0.39 is 13.8 Å². The summed E-state index contributed by atoms with van der Waals surface area (Å²) < 4.78 is 23.6. The molecule has 146 valence electrons. The van der Waals surface area contributed by atoms with E-state index in [2.05, 4.69) is 5.09 Å². The molecule has 0 fully saturated rings. The molecule has 3 aromatic carbocycles. The number of amides is 2. The maximum atomic E-state index is 13.3. The number of anilines is 2. The third-order valence-electron chi connectivity index (χ3n) is 4.44. The number of rotatable bonds is 4. The molecule has 4 rings (SSSR count). The van der Waals surface area contributed by atoms with Crippen molar-refractivity contribution < 1.29 is 18.4 Å². The molecule has 1 heterocycles. The van der Waals surface area contributed by atoms with Crippen molar-refractivity contribution in [2.24, 2.45) is 0 Å². The number of hydrogen-bond acceptors (Lipinski definition) is 4. The van der Waals surface area contributed by atoms with Crippen molar-refractivity contribution in [3.8, 4) is 5.75 Å². The average Bonchev–Trinajstić information content (AvgIpc) is 2.91. The molecule has 0 saturated heterocycles. The Morgan fingerprint density at radius 1 is 0.828 bits per heavy atom. The summed E-state index contributed by atoms with van der Waals surface area (Å²) in [7, 11) is -2.71. The van der Waals surface area contributed by atoms with Gasteiger partial charge in [0.2, 0.25) is 0 Å². The molecule has 2 amide bonds. The van der Waals surface area contributed by atoms with Crippen LogP contribution in [0.3, 0.4) is 0 Å². The minimum atomic E-state index is -3.94. The van der Waals surface area contributed by atoms with Crippen LogP contribution in [0.4, 0.5) is 16.2 Å². The lowest BCUT2D eigenvalue weighted by atomic mass is 10.1. The van der Waals surface area contributed by atoms with E-state index in [0.29, 0.717) is 17.1 Å². The predicted molar refractivity (Wildman–Crippen MR) is 114 cm³/mol. The van der Waals surface area contributed by atoms with E-state index in [0.717, 1.165) is 11.1 Å². The Labute approximate surface area is 169 Å². The molecule has 1 N–H and O–H groups in total. The van der Waals surface area contributed by atoms with Gasteiger partial charge in [0.25, 0.3) is 0 Å². The summed E-state index contributed by atoms with van der Waals surface area (Å²) in [5.41, 5.74) is 3.03. The van der Waals surface area contributed by atoms with Gasteiger partial charge in [-0.05, 0) is 35.4 Å². The number of para-hydroxylation sites is 3. The zero-order valence-corrected chi connectivity index (χ0v) is 16.6. The standard InChI is InChI=1S/C22H19N2O4P/c1-27-29(26,28-19-11-3-2-4-12-19)23-22(25)24-20-13-7-5-9-17(20)15-16-18-10-6-8-14-21(18)24/h2-16H,1H3,(H,23,25,26). The maximum absolute atomic E-state index is 13.3. The van der Waals surface area contributed by atoms with E-state index in [1.54, 1.807) is 30.3 Å². The molecule has 7 heteroatoms. The molecule has 1 aliphatic rings. The number of nitrogens with zero attached hydrogens (tertiary/aromatic N) is 1. The number of benzene rings is 3. The molecule has 0 aliphatic carbocycles. The maximum Gasteiger partial charge on any atom is 0.489 e. The lowest BCUT2D eigenvalue weighted by Gasteiger charge is -2.27. The molecule has 0 bridgehead atoms. The third kappa shape index (κ3) is 3.94.